The van der Waals surface area contributed by atoms with Gasteiger partial charge < -0.3 is 5.11 Å². The minimum atomic E-state index is -4.46. The van der Waals surface area contributed by atoms with Crippen LogP contribution in [0, 0.1) is 5.92 Å². The van der Waals surface area contributed by atoms with E-state index in [1.807, 2.05) is 0 Å². The Hall–Kier alpha value is -2.11. The molecule has 0 bridgehead atoms. The van der Waals surface area contributed by atoms with Crippen molar-refractivity contribution in [3.05, 3.63) is 48.0 Å². The molecule has 108 valence electrons. The number of hydrogen-bond donors (Lipinski definition) is 1. The molecule has 0 saturated heterocycles. The summed E-state index contributed by atoms with van der Waals surface area (Å²) in [5.41, 5.74) is -0.733. The molecule has 0 amide bonds. The molecule has 0 spiro atoms. The molecule has 0 radical (unpaired) electrons. The van der Waals surface area contributed by atoms with Crippen LogP contribution in [-0.2, 0) is 11.0 Å². The Morgan fingerprint density at radius 2 is 1.80 bits per heavy atom. The Balaban J connectivity index is 2.85. The molecule has 1 N–H and O–H groups in total. The third-order valence-corrected chi connectivity index (χ3v) is 2.79. The Labute approximate surface area is 113 Å². The van der Waals surface area contributed by atoms with Gasteiger partial charge in [0.25, 0.3) is 0 Å². The number of carboxylic acids is 1. The van der Waals surface area contributed by atoms with Crippen LogP contribution in [-0.4, -0.2) is 16.9 Å². The van der Waals surface area contributed by atoms with E-state index in [0.29, 0.717) is 0 Å². The minimum Gasteiger partial charge on any atom is -0.481 e. The average Bonchev–Trinajstić information content (AvgIpc) is 2.38. The fourth-order valence-corrected chi connectivity index (χ4v) is 1.67. The molecular formula is C14H13F3O3. The van der Waals surface area contributed by atoms with E-state index in [2.05, 4.69) is 6.58 Å². The summed E-state index contributed by atoms with van der Waals surface area (Å²) >= 11 is 0. The number of alkyl halides is 3. The Bertz CT molecular complexity index is 503. The summed E-state index contributed by atoms with van der Waals surface area (Å²) in [5, 5.41) is 8.57. The fourth-order valence-electron chi connectivity index (χ4n) is 1.67. The van der Waals surface area contributed by atoms with Crippen LogP contribution in [0.15, 0.2) is 36.9 Å². The van der Waals surface area contributed by atoms with Crippen LogP contribution in [0.5, 0.6) is 0 Å². The third kappa shape index (κ3) is 4.22. The summed E-state index contributed by atoms with van der Waals surface area (Å²) in [4.78, 5) is 22.5. The number of rotatable bonds is 6. The summed E-state index contributed by atoms with van der Waals surface area (Å²) in [6.45, 7) is 3.45. The second-order valence-corrected chi connectivity index (χ2v) is 4.21. The van der Waals surface area contributed by atoms with Crippen molar-refractivity contribution in [1.82, 2.24) is 0 Å². The highest BCUT2D eigenvalue weighted by Gasteiger charge is 2.30. The molecule has 0 aliphatic carbocycles. The van der Waals surface area contributed by atoms with E-state index in [4.69, 9.17) is 5.11 Å². The van der Waals surface area contributed by atoms with Crippen molar-refractivity contribution in [2.75, 3.05) is 0 Å². The second-order valence-electron chi connectivity index (χ2n) is 4.21. The number of aliphatic carboxylic acids is 1. The minimum absolute atomic E-state index is 0.0681. The molecule has 1 atom stereocenters. The Morgan fingerprint density at radius 3 is 2.20 bits per heavy atom. The third-order valence-electron chi connectivity index (χ3n) is 2.79. The van der Waals surface area contributed by atoms with Crippen molar-refractivity contribution in [3.63, 3.8) is 0 Å². The first-order chi connectivity index (χ1) is 9.25. The zero-order valence-corrected chi connectivity index (χ0v) is 10.5. The Kier molecular flexibility index (Phi) is 5.07. The largest absolute Gasteiger partial charge is 0.481 e. The van der Waals surface area contributed by atoms with Gasteiger partial charge in [0, 0.05) is 17.9 Å². The van der Waals surface area contributed by atoms with Crippen molar-refractivity contribution < 1.29 is 27.9 Å². The molecule has 0 saturated carbocycles. The number of Topliss-reactive ketones (excluding diaryl/α,β-unsaturated/α-hetero) is 1. The number of ketones is 1. The zero-order valence-electron chi connectivity index (χ0n) is 10.5. The lowest BCUT2D eigenvalue weighted by molar-refractivity contribution is -0.138. The summed E-state index contributed by atoms with van der Waals surface area (Å²) in [6.07, 6.45) is -3.28. The van der Waals surface area contributed by atoms with Crippen LogP contribution < -0.4 is 0 Å². The van der Waals surface area contributed by atoms with Crippen molar-refractivity contribution in [2.24, 2.45) is 5.92 Å². The number of carbonyl (C=O) groups is 2. The van der Waals surface area contributed by atoms with Gasteiger partial charge in [0.2, 0.25) is 0 Å². The van der Waals surface area contributed by atoms with Gasteiger partial charge in [0.1, 0.15) is 0 Å². The quantitative estimate of drug-likeness (QED) is 0.642. The van der Waals surface area contributed by atoms with E-state index in [1.54, 1.807) is 0 Å². The molecule has 6 heteroatoms. The standard InChI is InChI=1S/C14H13F3O3/c1-2-9(5-8-12(18)19)13(20)10-3-6-11(7-4-10)14(15,16)17/h2-4,6-7,9H,1,5,8H2,(H,18,19). The molecule has 0 heterocycles. The van der Waals surface area contributed by atoms with Gasteiger partial charge in [-0.1, -0.05) is 18.2 Å². The van der Waals surface area contributed by atoms with Crippen LogP contribution in [0.25, 0.3) is 0 Å². The molecule has 0 fully saturated rings. The van der Waals surface area contributed by atoms with Gasteiger partial charge in [0.15, 0.2) is 5.78 Å². The fraction of sp³-hybridized carbons (Fsp3) is 0.286. The monoisotopic (exact) mass is 286 g/mol. The lowest BCUT2D eigenvalue weighted by Gasteiger charge is -2.11. The number of carbonyl (C=O) groups excluding carboxylic acids is 1. The summed E-state index contributed by atoms with van der Waals surface area (Å²) in [6, 6.07) is 3.82. The molecule has 1 unspecified atom stereocenters. The van der Waals surface area contributed by atoms with E-state index < -0.39 is 29.4 Å². The highest BCUT2D eigenvalue weighted by atomic mass is 19.4. The van der Waals surface area contributed by atoms with Crippen LogP contribution in [0.4, 0.5) is 13.2 Å². The average molecular weight is 286 g/mol. The van der Waals surface area contributed by atoms with Crippen LogP contribution in [0.2, 0.25) is 0 Å². The zero-order chi connectivity index (χ0) is 15.3. The van der Waals surface area contributed by atoms with Crippen molar-refractivity contribution >= 4 is 11.8 Å². The first-order valence-electron chi connectivity index (χ1n) is 5.81. The van der Waals surface area contributed by atoms with Gasteiger partial charge in [0.05, 0.1) is 5.56 Å². The maximum atomic E-state index is 12.4. The number of halogens is 3. The van der Waals surface area contributed by atoms with E-state index in [-0.39, 0.29) is 18.4 Å². The van der Waals surface area contributed by atoms with Crippen molar-refractivity contribution in [1.29, 1.82) is 0 Å². The smallest absolute Gasteiger partial charge is 0.416 e. The Morgan fingerprint density at radius 1 is 1.25 bits per heavy atom. The molecule has 0 aliphatic rings. The van der Waals surface area contributed by atoms with Crippen LogP contribution in [0.1, 0.15) is 28.8 Å². The lowest BCUT2D eigenvalue weighted by atomic mass is 9.93. The van der Waals surface area contributed by atoms with E-state index >= 15 is 0 Å². The lowest BCUT2D eigenvalue weighted by Crippen LogP contribution is -2.14. The van der Waals surface area contributed by atoms with E-state index in [1.165, 1.54) is 6.08 Å². The van der Waals surface area contributed by atoms with Crippen LogP contribution >= 0.6 is 0 Å². The maximum Gasteiger partial charge on any atom is 0.416 e. The molecular weight excluding hydrogens is 273 g/mol. The van der Waals surface area contributed by atoms with Gasteiger partial charge in [-0.15, -0.1) is 6.58 Å². The van der Waals surface area contributed by atoms with Crippen LogP contribution in [0.3, 0.4) is 0 Å². The molecule has 1 rings (SSSR count). The second kappa shape index (κ2) is 6.36. The predicted octanol–water partition coefficient (Wildman–Crippen LogP) is 3.56. The van der Waals surface area contributed by atoms with Crippen molar-refractivity contribution in [2.45, 2.75) is 19.0 Å². The van der Waals surface area contributed by atoms with Gasteiger partial charge in [-0.05, 0) is 18.6 Å². The molecule has 20 heavy (non-hydrogen) atoms. The number of benzene rings is 1. The summed E-state index contributed by atoms with van der Waals surface area (Å²) in [5.74, 6) is -2.20. The topological polar surface area (TPSA) is 54.4 Å². The first-order valence-corrected chi connectivity index (χ1v) is 5.81. The molecule has 0 aliphatic heterocycles. The predicted molar refractivity (Wildman–Crippen MR) is 66.3 cm³/mol. The SMILES string of the molecule is C=CC(CCC(=O)O)C(=O)c1ccc(C(F)(F)F)cc1. The van der Waals surface area contributed by atoms with E-state index in [9.17, 15) is 22.8 Å². The van der Waals surface area contributed by atoms with Gasteiger partial charge in [-0.3, -0.25) is 9.59 Å². The summed E-state index contributed by atoms with van der Waals surface area (Å²) in [7, 11) is 0. The molecule has 3 nitrogen and oxygen atoms in total. The number of allylic oxidation sites excluding steroid dienone is 1. The first kappa shape index (κ1) is 15.9. The molecule has 0 aromatic heterocycles. The highest BCUT2D eigenvalue weighted by Crippen LogP contribution is 2.29. The normalized spacial score (nSPS) is 12.8. The van der Waals surface area contributed by atoms with Gasteiger partial charge in [-0.25, -0.2) is 0 Å². The maximum absolute atomic E-state index is 12.4. The van der Waals surface area contributed by atoms with Gasteiger partial charge >= 0.3 is 12.1 Å². The number of carboxylic acid groups (broad SMARTS) is 1. The van der Waals surface area contributed by atoms with Crippen molar-refractivity contribution in [3.8, 4) is 0 Å². The van der Waals surface area contributed by atoms with E-state index in [0.717, 1.165) is 24.3 Å². The summed E-state index contributed by atoms with van der Waals surface area (Å²) < 4.78 is 37.2. The number of hydrogen-bond acceptors (Lipinski definition) is 2. The highest BCUT2D eigenvalue weighted by molar-refractivity contribution is 5.99. The molecule has 1 aromatic rings. The van der Waals surface area contributed by atoms with Gasteiger partial charge in [-0.2, -0.15) is 13.2 Å². The molecule has 1 aromatic carbocycles.